The number of hydrogen-bond donors (Lipinski definition) is 0. The molecule has 6 heteroatoms. The van der Waals surface area contributed by atoms with Crippen LogP contribution in [0.1, 0.15) is 54.7 Å². The number of anilines is 1. The lowest BCUT2D eigenvalue weighted by atomic mass is 9.67. The topological polar surface area (TPSA) is 63.2 Å². The SMILES string of the molecule is Cc1cccc(C(=O)C[C@H]2CCC[C@]3(CCN(c4ccc(F)cn4)C3=O)C2)n1. The van der Waals surface area contributed by atoms with E-state index in [0.29, 0.717) is 24.5 Å². The van der Waals surface area contributed by atoms with Gasteiger partial charge in [0.15, 0.2) is 5.78 Å². The van der Waals surface area contributed by atoms with E-state index in [1.165, 1.54) is 6.07 Å². The molecule has 0 aromatic carbocycles. The van der Waals surface area contributed by atoms with Gasteiger partial charge in [0.2, 0.25) is 5.91 Å². The van der Waals surface area contributed by atoms with Crippen LogP contribution in [0.2, 0.25) is 0 Å². The van der Waals surface area contributed by atoms with E-state index >= 15 is 0 Å². The number of rotatable bonds is 4. The Labute approximate surface area is 164 Å². The summed E-state index contributed by atoms with van der Waals surface area (Å²) in [6, 6.07) is 8.38. The predicted octanol–water partition coefficient (Wildman–Crippen LogP) is 4.11. The highest BCUT2D eigenvalue weighted by Crippen LogP contribution is 2.48. The Hall–Kier alpha value is -2.63. The molecule has 1 saturated heterocycles. The molecule has 28 heavy (non-hydrogen) atoms. The third-order valence-electron chi connectivity index (χ3n) is 6.10. The average Bonchev–Trinajstić information content (AvgIpc) is 2.98. The molecule has 1 saturated carbocycles. The zero-order chi connectivity index (χ0) is 19.7. The summed E-state index contributed by atoms with van der Waals surface area (Å²) < 4.78 is 13.2. The second kappa shape index (κ2) is 7.41. The van der Waals surface area contributed by atoms with Crippen molar-refractivity contribution in [2.75, 3.05) is 11.4 Å². The Balaban J connectivity index is 1.46. The second-order valence-electron chi connectivity index (χ2n) is 8.08. The maximum absolute atomic E-state index is 13.2. The van der Waals surface area contributed by atoms with Gasteiger partial charge in [-0.05, 0) is 62.8 Å². The number of carbonyl (C=O) groups is 2. The fourth-order valence-corrected chi connectivity index (χ4v) is 4.71. The number of halogens is 1. The molecule has 2 fully saturated rings. The first-order valence-electron chi connectivity index (χ1n) is 9.87. The van der Waals surface area contributed by atoms with Crippen LogP contribution in [0.3, 0.4) is 0 Å². The molecular formula is C22H24FN3O2. The average molecular weight is 381 g/mol. The Bertz CT molecular complexity index is 899. The highest BCUT2D eigenvalue weighted by molar-refractivity contribution is 5.99. The van der Waals surface area contributed by atoms with Crippen molar-refractivity contribution in [3.05, 3.63) is 53.7 Å². The van der Waals surface area contributed by atoms with Gasteiger partial charge in [0.05, 0.1) is 11.6 Å². The predicted molar refractivity (Wildman–Crippen MR) is 103 cm³/mol. The van der Waals surface area contributed by atoms with Gasteiger partial charge in [0.1, 0.15) is 17.3 Å². The van der Waals surface area contributed by atoms with Crippen LogP contribution in [-0.4, -0.2) is 28.2 Å². The normalized spacial score (nSPS) is 24.7. The van der Waals surface area contributed by atoms with Crippen LogP contribution in [0, 0.1) is 24.1 Å². The zero-order valence-corrected chi connectivity index (χ0v) is 16.0. The summed E-state index contributed by atoms with van der Waals surface area (Å²) in [6.45, 7) is 2.47. The van der Waals surface area contributed by atoms with Crippen molar-refractivity contribution in [1.82, 2.24) is 9.97 Å². The maximum atomic E-state index is 13.2. The first kappa shape index (κ1) is 18.7. The third kappa shape index (κ3) is 3.55. The number of aromatic nitrogens is 2. The molecule has 1 aliphatic carbocycles. The van der Waals surface area contributed by atoms with Crippen molar-refractivity contribution in [1.29, 1.82) is 0 Å². The first-order chi connectivity index (χ1) is 13.5. The fraction of sp³-hybridized carbons (Fsp3) is 0.455. The number of ketones is 1. The molecular weight excluding hydrogens is 357 g/mol. The lowest BCUT2D eigenvalue weighted by Crippen LogP contribution is -2.39. The van der Waals surface area contributed by atoms with E-state index < -0.39 is 11.2 Å². The molecule has 1 amide bonds. The first-order valence-corrected chi connectivity index (χ1v) is 9.87. The fourth-order valence-electron chi connectivity index (χ4n) is 4.71. The lowest BCUT2D eigenvalue weighted by Gasteiger charge is -2.36. The van der Waals surface area contributed by atoms with Crippen LogP contribution < -0.4 is 4.90 Å². The number of nitrogens with zero attached hydrogens (tertiary/aromatic N) is 3. The molecule has 0 bridgehead atoms. The summed E-state index contributed by atoms with van der Waals surface area (Å²) in [5.41, 5.74) is 0.924. The molecule has 0 unspecified atom stereocenters. The van der Waals surface area contributed by atoms with E-state index in [2.05, 4.69) is 9.97 Å². The summed E-state index contributed by atoms with van der Waals surface area (Å²) in [4.78, 5) is 36.0. The molecule has 0 N–H and O–H groups in total. The molecule has 4 rings (SSSR count). The summed E-state index contributed by atoms with van der Waals surface area (Å²) >= 11 is 0. The van der Waals surface area contributed by atoms with Gasteiger partial charge in [-0.2, -0.15) is 0 Å². The van der Waals surface area contributed by atoms with E-state index in [9.17, 15) is 14.0 Å². The smallest absolute Gasteiger partial charge is 0.234 e. The molecule has 2 aromatic rings. The van der Waals surface area contributed by atoms with Crippen LogP contribution in [0.15, 0.2) is 36.5 Å². The highest BCUT2D eigenvalue weighted by atomic mass is 19.1. The molecule has 5 nitrogen and oxygen atoms in total. The van der Waals surface area contributed by atoms with Crippen LogP contribution >= 0.6 is 0 Å². The van der Waals surface area contributed by atoms with E-state index in [-0.39, 0.29) is 17.6 Å². The standard InChI is InChI=1S/C22H24FN3O2/c1-15-4-2-6-18(25-15)19(27)12-16-5-3-9-22(13-16)10-11-26(21(22)28)20-8-7-17(23)14-24-20/h2,4,6-8,14,16H,3,5,9-13H2,1H3/t16-,22+/m1/s1. The lowest BCUT2D eigenvalue weighted by molar-refractivity contribution is -0.128. The summed E-state index contributed by atoms with van der Waals surface area (Å²) in [6.07, 6.45) is 5.80. The molecule has 1 spiro atoms. The van der Waals surface area contributed by atoms with Gasteiger partial charge in [0, 0.05) is 18.7 Å². The molecule has 146 valence electrons. The Morgan fingerprint density at radius 2 is 2.14 bits per heavy atom. The van der Waals surface area contributed by atoms with Gasteiger partial charge < -0.3 is 0 Å². The number of hydrogen-bond acceptors (Lipinski definition) is 4. The number of Topliss-reactive ketones (excluding diaryl/α,β-unsaturated/α-hetero) is 1. The van der Waals surface area contributed by atoms with Gasteiger partial charge in [-0.1, -0.05) is 12.5 Å². The van der Waals surface area contributed by atoms with Crippen LogP contribution in [0.5, 0.6) is 0 Å². The van der Waals surface area contributed by atoms with Crippen molar-refractivity contribution in [3.63, 3.8) is 0 Å². The number of amides is 1. The minimum absolute atomic E-state index is 0.0493. The Kier molecular flexibility index (Phi) is 4.96. The van der Waals surface area contributed by atoms with Crippen molar-refractivity contribution < 1.29 is 14.0 Å². The van der Waals surface area contributed by atoms with E-state index in [4.69, 9.17) is 0 Å². The van der Waals surface area contributed by atoms with Crippen molar-refractivity contribution in [2.45, 2.75) is 45.4 Å². The van der Waals surface area contributed by atoms with E-state index in [1.807, 2.05) is 19.1 Å². The molecule has 0 radical (unpaired) electrons. The van der Waals surface area contributed by atoms with Crippen molar-refractivity contribution in [2.24, 2.45) is 11.3 Å². The maximum Gasteiger partial charge on any atom is 0.234 e. The van der Waals surface area contributed by atoms with Gasteiger partial charge in [0.25, 0.3) is 0 Å². The molecule has 2 aromatic heterocycles. The summed E-state index contributed by atoms with van der Waals surface area (Å²) in [5.74, 6) is 0.399. The van der Waals surface area contributed by atoms with E-state index in [0.717, 1.165) is 44.0 Å². The van der Waals surface area contributed by atoms with Gasteiger partial charge in [-0.15, -0.1) is 0 Å². The minimum Gasteiger partial charge on any atom is -0.296 e. The van der Waals surface area contributed by atoms with Gasteiger partial charge in [-0.3, -0.25) is 19.5 Å². The van der Waals surface area contributed by atoms with Crippen molar-refractivity contribution in [3.8, 4) is 0 Å². The minimum atomic E-state index is -0.417. The number of carbonyl (C=O) groups excluding carboxylic acids is 2. The van der Waals surface area contributed by atoms with E-state index in [1.54, 1.807) is 17.0 Å². The van der Waals surface area contributed by atoms with Gasteiger partial charge in [-0.25, -0.2) is 9.37 Å². The molecule has 3 heterocycles. The third-order valence-corrected chi connectivity index (χ3v) is 6.10. The van der Waals surface area contributed by atoms with Gasteiger partial charge >= 0.3 is 0 Å². The van der Waals surface area contributed by atoms with Crippen LogP contribution in [0.4, 0.5) is 10.2 Å². The zero-order valence-electron chi connectivity index (χ0n) is 16.0. The Morgan fingerprint density at radius 1 is 1.29 bits per heavy atom. The molecule has 2 aliphatic rings. The Morgan fingerprint density at radius 3 is 2.89 bits per heavy atom. The summed E-state index contributed by atoms with van der Waals surface area (Å²) in [7, 11) is 0. The molecule has 2 atom stereocenters. The number of aryl methyl sites for hydroxylation is 1. The van der Waals surface area contributed by atoms with Crippen LogP contribution in [-0.2, 0) is 4.79 Å². The van der Waals surface area contributed by atoms with Crippen LogP contribution in [0.25, 0.3) is 0 Å². The largest absolute Gasteiger partial charge is 0.296 e. The highest BCUT2D eigenvalue weighted by Gasteiger charge is 2.49. The second-order valence-corrected chi connectivity index (χ2v) is 8.08. The summed E-state index contributed by atoms with van der Waals surface area (Å²) in [5, 5.41) is 0. The number of pyridine rings is 2. The molecule has 1 aliphatic heterocycles. The quantitative estimate of drug-likeness (QED) is 0.748. The van der Waals surface area contributed by atoms with Crippen molar-refractivity contribution >= 4 is 17.5 Å². The monoisotopic (exact) mass is 381 g/mol.